The Morgan fingerprint density at radius 1 is 1.18 bits per heavy atom. The number of aromatic nitrogens is 1. The second kappa shape index (κ2) is 11.0. The molecule has 7 heteroatoms. The van der Waals surface area contributed by atoms with Gasteiger partial charge in [0.25, 0.3) is 5.91 Å². The molecule has 3 aromatic rings. The van der Waals surface area contributed by atoms with Gasteiger partial charge in [-0.1, -0.05) is 25.1 Å². The Balaban J connectivity index is 1.39. The highest BCUT2D eigenvalue weighted by Gasteiger charge is 2.30. The third kappa shape index (κ3) is 5.93. The van der Waals surface area contributed by atoms with Gasteiger partial charge in [0.2, 0.25) is 5.91 Å². The zero-order valence-electron chi connectivity index (χ0n) is 23.5. The summed E-state index contributed by atoms with van der Waals surface area (Å²) in [5.74, 6) is 0.315. The molecule has 2 saturated heterocycles. The standard InChI is InChI=1S/C32H40N4O3/c1-20-8-7-9-26(31(38)36-13-5-6-14-36)28(20)22-10-11-27-23(17-22)18-24(29(33)35-27)16-21(2)30(37)34-25-12-15-39-32(3,4)19-25/h7-11,17-18,21,25H,5-6,12-16,19H2,1-4H3,(H2,33,35)(H,34,37). The monoisotopic (exact) mass is 528 g/mol. The predicted octanol–water partition coefficient (Wildman–Crippen LogP) is 5.28. The third-order valence-corrected chi connectivity index (χ3v) is 8.13. The van der Waals surface area contributed by atoms with Crippen molar-refractivity contribution in [3.8, 4) is 11.1 Å². The first-order valence-electron chi connectivity index (χ1n) is 14.1. The number of anilines is 1. The van der Waals surface area contributed by atoms with Crippen molar-refractivity contribution in [2.24, 2.45) is 5.92 Å². The first kappa shape index (κ1) is 27.1. The molecule has 2 unspecified atom stereocenters. The van der Waals surface area contributed by atoms with Crippen LogP contribution in [0, 0.1) is 12.8 Å². The maximum absolute atomic E-state index is 13.4. The van der Waals surface area contributed by atoms with E-state index in [-0.39, 0.29) is 29.4 Å². The smallest absolute Gasteiger partial charge is 0.254 e. The van der Waals surface area contributed by atoms with E-state index < -0.39 is 0 Å². The maximum atomic E-state index is 13.4. The minimum absolute atomic E-state index is 0.0240. The molecular formula is C32H40N4O3. The van der Waals surface area contributed by atoms with E-state index in [1.165, 1.54) is 0 Å². The number of carbonyl (C=O) groups excluding carboxylic acids is 2. The molecule has 0 saturated carbocycles. The van der Waals surface area contributed by atoms with Crippen molar-refractivity contribution >= 4 is 28.5 Å². The predicted molar refractivity (Wildman–Crippen MR) is 156 cm³/mol. The van der Waals surface area contributed by atoms with E-state index in [2.05, 4.69) is 30.2 Å². The molecule has 2 aliphatic heterocycles. The molecule has 2 aliphatic rings. The molecule has 0 bridgehead atoms. The fourth-order valence-electron chi connectivity index (χ4n) is 5.99. The third-order valence-electron chi connectivity index (χ3n) is 8.13. The Kier molecular flexibility index (Phi) is 7.63. The number of ether oxygens (including phenoxy) is 1. The Morgan fingerprint density at radius 2 is 1.95 bits per heavy atom. The number of nitrogens with zero attached hydrogens (tertiary/aromatic N) is 2. The molecule has 3 N–H and O–H groups in total. The number of hydrogen-bond acceptors (Lipinski definition) is 5. The maximum Gasteiger partial charge on any atom is 0.254 e. The van der Waals surface area contributed by atoms with Gasteiger partial charge in [-0.15, -0.1) is 0 Å². The van der Waals surface area contributed by atoms with Gasteiger partial charge in [-0.2, -0.15) is 0 Å². The fraction of sp³-hybridized carbons (Fsp3) is 0.469. The van der Waals surface area contributed by atoms with Gasteiger partial charge >= 0.3 is 0 Å². The molecule has 2 atom stereocenters. The molecule has 2 aromatic carbocycles. The van der Waals surface area contributed by atoms with E-state index >= 15 is 0 Å². The van der Waals surface area contributed by atoms with Crippen LogP contribution < -0.4 is 11.1 Å². The van der Waals surface area contributed by atoms with E-state index in [1.807, 2.05) is 55.1 Å². The molecule has 206 valence electrons. The Morgan fingerprint density at radius 3 is 2.69 bits per heavy atom. The summed E-state index contributed by atoms with van der Waals surface area (Å²) in [4.78, 5) is 33.0. The number of carbonyl (C=O) groups is 2. The topological polar surface area (TPSA) is 97.5 Å². The highest BCUT2D eigenvalue weighted by molar-refractivity contribution is 6.02. The number of nitrogens with one attached hydrogen (secondary N) is 1. The van der Waals surface area contributed by atoms with Crippen LogP contribution in [0.1, 0.15) is 67.9 Å². The van der Waals surface area contributed by atoms with Gasteiger partial charge in [0.15, 0.2) is 0 Å². The summed E-state index contributed by atoms with van der Waals surface area (Å²) in [6.45, 7) is 10.4. The molecular weight excluding hydrogens is 488 g/mol. The van der Waals surface area contributed by atoms with E-state index in [0.29, 0.717) is 18.8 Å². The van der Waals surface area contributed by atoms with Crippen LogP contribution in [-0.4, -0.2) is 53.0 Å². The summed E-state index contributed by atoms with van der Waals surface area (Å²) >= 11 is 0. The van der Waals surface area contributed by atoms with Crippen molar-refractivity contribution < 1.29 is 14.3 Å². The van der Waals surface area contributed by atoms with Crippen molar-refractivity contribution in [1.82, 2.24) is 15.2 Å². The van der Waals surface area contributed by atoms with Gasteiger partial charge in [-0.25, -0.2) is 4.98 Å². The molecule has 0 spiro atoms. The number of rotatable bonds is 6. The van der Waals surface area contributed by atoms with Gasteiger partial charge in [0.05, 0.1) is 11.1 Å². The molecule has 7 nitrogen and oxygen atoms in total. The lowest BCUT2D eigenvalue weighted by Crippen LogP contribution is -2.47. The number of pyridine rings is 1. The molecule has 3 heterocycles. The number of hydrogen-bond donors (Lipinski definition) is 2. The van der Waals surface area contributed by atoms with Crippen LogP contribution >= 0.6 is 0 Å². The summed E-state index contributed by atoms with van der Waals surface area (Å²) in [6.07, 6.45) is 4.24. The van der Waals surface area contributed by atoms with Crippen molar-refractivity contribution in [2.45, 2.75) is 71.4 Å². The number of amides is 2. The largest absolute Gasteiger partial charge is 0.383 e. The quantitative estimate of drug-likeness (QED) is 0.454. The van der Waals surface area contributed by atoms with Crippen LogP contribution in [0.3, 0.4) is 0 Å². The average Bonchev–Trinajstić information content (AvgIpc) is 3.43. The second-order valence-electron chi connectivity index (χ2n) is 11.8. The molecule has 39 heavy (non-hydrogen) atoms. The summed E-state index contributed by atoms with van der Waals surface area (Å²) in [6, 6.07) is 14.2. The summed E-state index contributed by atoms with van der Waals surface area (Å²) in [5.41, 5.74) is 11.5. The lowest BCUT2D eigenvalue weighted by molar-refractivity contribution is -0.127. The number of nitrogens with two attached hydrogens (primary N) is 1. The van der Waals surface area contributed by atoms with Gasteiger partial charge in [0.1, 0.15) is 5.82 Å². The van der Waals surface area contributed by atoms with Gasteiger partial charge in [0, 0.05) is 42.6 Å². The summed E-state index contributed by atoms with van der Waals surface area (Å²) < 4.78 is 5.79. The lowest BCUT2D eigenvalue weighted by atomic mass is 9.92. The Hall–Kier alpha value is -3.45. The normalized spacial score (nSPS) is 19.7. The van der Waals surface area contributed by atoms with Gasteiger partial charge in [-0.05, 0) is 99.4 Å². The number of fused-ring (bicyclic) bond motifs is 1. The van der Waals surface area contributed by atoms with Crippen LogP contribution in [-0.2, 0) is 16.0 Å². The minimum atomic E-state index is -0.248. The fourth-order valence-corrected chi connectivity index (χ4v) is 5.99. The molecule has 5 rings (SSSR count). The molecule has 2 fully saturated rings. The molecule has 2 amide bonds. The van der Waals surface area contributed by atoms with Gasteiger partial charge < -0.3 is 20.7 Å². The molecule has 0 radical (unpaired) electrons. The lowest BCUT2D eigenvalue weighted by Gasteiger charge is -2.36. The SMILES string of the molecule is Cc1cccc(C(=O)N2CCCC2)c1-c1ccc2nc(N)c(CC(C)C(=O)NC3CCOC(C)(C)C3)cc2c1. The van der Waals surface area contributed by atoms with E-state index in [0.717, 1.165) is 77.5 Å². The van der Waals surface area contributed by atoms with Crippen LogP contribution in [0.25, 0.3) is 22.0 Å². The molecule has 1 aromatic heterocycles. The van der Waals surface area contributed by atoms with Crippen molar-refractivity contribution in [1.29, 1.82) is 0 Å². The zero-order chi connectivity index (χ0) is 27.7. The number of likely N-dealkylation sites (tertiary alicyclic amines) is 1. The molecule has 0 aliphatic carbocycles. The zero-order valence-corrected chi connectivity index (χ0v) is 23.5. The number of nitrogen functional groups attached to an aromatic ring is 1. The highest BCUT2D eigenvalue weighted by atomic mass is 16.5. The first-order valence-corrected chi connectivity index (χ1v) is 14.1. The van der Waals surface area contributed by atoms with Crippen molar-refractivity contribution in [3.63, 3.8) is 0 Å². The van der Waals surface area contributed by atoms with Crippen LogP contribution in [0.4, 0.5) is 5.82 Å². The summed E-state index contributed by atoms with van der Waals surface area (Å²) in [7, 11) is 0. The Bertz CT molecular complexity index is 1390. The summed E-state index contributed by atoms with van der Waals surface area (Å²) in [5, 5.41) is 4.15. The first-order chi connectivity index (χ1) is 18.6. The second-order valence-corrected chi connectivity index (χ2v) is 11.8. The van der Waals surface area contributed by atoms with Crippen LogP contribution in [0.2, 0.25) is 0 Å². The van der Waals surface area contributed by atoms with Crippen molar-refractivity contribution in [3.05, 3.63) is 59.2 Å². The van der Waals surface area contributed by atoms with Gasteiger partial charge in [-0.3, -0.25) is 9.59 Å². The minimum Gasteiger partial charge on any atom is -0.383 e. The average molecular weight is 529 g/mol. The Labute approximate surface area is 231 Å². The van der Waals surface area contributed by atoms with E-state index in [1.54, 1.807) is 0 Å². The van der Waals surface area contributed by atoms with E-state index in [9.17, 15) is 9.59 Å². The van der Waals surface area contributed by atoms with Crippen LogP contribution in [0.15, 0.2) is 42.5 Å². The number of benzene rings is 2. The highest BCUT2D eigenvalue weighted by Crippen LogP contribution is 2.33. The van der Waals surface area contributed by atoms with Crippen molar-refractivity contribution in [2.75, 3.05) is 25.4 Å². The number of aryl methyl sites for hydroxylation is 1. The van der Waals surface area contributed by atoms with E-state index in [4.69, 9.17) is 10.5 Å². The van der Waals surface area contributed by atoms with Crippen LogP contribution in [0.5, 0.6) is 0 Å².